The normalized spacial score (nSPS) is 14.8. The maximum atomic E-state index is 12.9. The van der Waals surface area contributed by atoms with Gasteiger partial charge >= 0.3 is 0 Å². The molecule has 0 aliphatic heterocycles. The number of ether oxygens (including phenoxy) is 1. The molecule has 0 atom stereocenters. The molecule has 1 aliphatic carbocycles. The smallest absolute Gasteiger partial charge is 0.253 e. The summed E-state index contributed by atoms with van der Waals surface area (Å²) in [6.45, 7) is 0.747. The number of nitrogens with zero attached hydrogens (tertiary/aromatic N) is 4. The lowest BCUT2D eigenvalue weighted by Gasteiger charge is -2.22. The third-order valence-electron chi connectivity index (χ3n) is 5.49. The summed E-state index contributed by atoms with van der Waals surface area (Å²) < 4.78 is 20.5. The van der Waals surface area contributed by atoms with Crippen LogP contribution in [0.25, 0.3) is 11.0 Å². The Morgan fingerprint density at radius 1 is 1.17 bits per heavy atom. The maximum Gasteiger partial charge on any atom is 0.253 e. The Hall–Kier alpha value is -2.96. The van der Waals surface area contributed by atoms with Gasteiger partial charge in [-0.15, -0.1) is 5.10 Å². The van der Waals surface area contributed by atoms with E-state index in [1.807, 2.05) is 16.8 Å². The van der Waals surface area contributed by atoms with E-state index < -0.39 is 0 Å². The zero-order chi connectivity index (χ0) is 20.2. The van der Waals surface area contributed by atoms with Gasteiger partial charge in [-0.25, -0.2) is 9.07 Å². The van der Waals surface area contributed by atoms with Crippen LogP contribution in [0.5, 0.6) is 5.75 Å². The molecule has 0 bridgehead atoms. The van der Waals surface area contributed by atoms with E-state index >= 15 is 0 Å². The van der Waals surface area contributed by atoms with Gasteiger partial charge in [-0.1, -0.05) is 24.5 Å². The summed E-state index contributed by atoms with van der Waals surface area (Å²) >= 11 is 0. The van der Waals surface area contributed by atoms with E-state index in [0.717, 1.165) is 23.9 Å². The van der Waals surface area contributed by atoms with Crippen molar-refractivity contribution in [3.8, 4) is 5.75 Å². The molecule has 0 spiro atoms. The van der Waals surface area contributed by atoms with E-state index in [1.54, 1.807) is 30.1 Å². The van der Waals surface area contributed by atoms with Crippen LogP contribution in [0.15, 0.2) is 42.5 Å². The summed E-state index contributed by atoms with van der Waals surface area (Å²) in [6.07, 6.45) is 6.02. The number of fused-ring (bicyclic) bond motifs is 1. The number of carbonyl (C=O) groups is 1. The Morgan fingerprint density at radius 2 is 1.93 bits per heavy atom. The largest absolute Gasteiger partial charge is 0.492 e. The van der Waals surface area contributed by atoms with Crippen LogP contribution in [-0.2, 0) is 0 Å². The van der Waals surface area contributed by atoms with Gasteiger partial charge in [0.25, 0.3) is 5.91 Å². The molecule has 0 N–H and O–H groups in total. The third kappa shape index (κ3) is 4.39. The molecule has 1 aromatic heterocycles. The van der Waals surface area contributed by atoms with Crippen molar-refractivity contribution in [2.45, 2.75) is 38.1 Å². The molecule has 3 aromatic rings. The summed E-state index contributed by atoms with van der Waals surface area (Å²) in [6, 6.07) is 11.8. The van der Waals surface area contributed by atoms with E-state index in [9.17, 15) is 9.18 Å². The lowest BCUT2D eigenvalue weighted by atomic mass is 9.95. The first-order valence-electron chi connectivity index (χ1n) is 10.1. The van der Waals surface area contributed by atoms with Gasteiger partial charge in [-0.2, -0.15) is 0 Å². The minimum atomic E-state index is -0.305. The van der Waals surface area contributed by atoms with Crippen LogP contribution in [0.3, 0.4) is 0 Å². The quantitative estimate of drug-likeness (QED) is 0.626. The van der Waals surface area contributed by atoms with Crippen molar-refractivity contribution in [1.82, 2.24) is 19.9 Å². The molecule has 1 heterocycles. The molecule has 7 heteroatoms. The maximum absolute atomic E-state index is 12.9. The van der Waals surface area contributed by atoms with Crippen molar-refractivity contribution in [3.63, 3.8) is 0 Å². The number of carbonyl (C=O) groups excluding carboxylic acids is 1. The Kier molecular flexibility index (Phi) is 5.74. The number of halogens is 1. The fourth-order valence-electron chi connectivity index (χ4n) is 3.82. The highest BCUT2D eigenvalue weighted by Gasteiger charge is 2.20. The molecular weight excluding hydrogens is 371 g/mol. The van der Waals surface area contributed by atoms with Gasteiger partial charge in [0.05, 0.1) is 18.1 Å². The monoisotopic (exact) mass is 396 g/mol. The lowest BCUT2D eigenvalue weighted by Crippen LogP contribution is -2.30. The summed E-state index contributed by atoms with van der Waals surface area (Å²) in [5.41, 5.74) is 2.31. The number of hydrogen-bond donors (Lipinski definition) is 0. The molecule has 1 saturated carbocycles. The van der Waals surface area contributed by atoms with Gasteiger partial charge in [0.2, 0.25) is 0 Å². The summed E-state index contributed by atoms with van der Waals surface area (Å²) in [5, 5.41) is 8.64. The number of hydrogen-bond acceptors (Lipinski definition) is 4. The van der Waals surface area contributed by atoms with Crippen LogP contribution >= 0.6 is 0 Å². The Bertz CT molecular complexity index is 980. The first-order chi connectivity index (χ1) is 14.1. The molecule has 1 fully saturated rings. The van der Waals surface area contributed by atoms with E-state index in [0.29, 0.717) is 30.5 Å². The first kappa shape index (κ1) is 19.4. The van der Waals surface area contributed by atoms with Crippen LogP contribution in [0.1, 0.15) is 48.5 Å². The lowest BCUT2D eigenvalue weighted by molar-refractivity contribution is 0.0774. The van der Waals surface area contributed by atoms with E-state index in [2.05, 4.69) is 10.3 Å². The van der Waals surface area contributed by atoms with Crippen LogP contribution in [0.2, 0.25) is 0 Å². The molecule has 1 amide bonds. The highest BCUT2D eigenvalue weighted by Crippen LogP contribution is 2.30. The van der Waals surface area contributed by atoms with Gasteiger partial charge in [-0.3, -0.25) is 4.79 Å². The van der Waals surface area contributed by atoms with Gasteiger partial charge in [0.15, 0.2) is 0 Å². The highest BCUT2D eigenvalue weighted by atomic mass is 19.1. The average molecular weight is 396 g/mol. The minimum Gasteiger partial charge on any atom is -0.492 e. The molecule has 6 nitrogen and oxygen atoms in total. The second-order valence-electron chi connectivity index (χ2n) is 7.56. The average Bonchev–Trinajstić information content (AvgIpc) is 3.18. The number of amides is 1. The topological polar surface area (TPSA) is 60.2 Å². The molecule has 4 rings (SSSR count). The van der Waals surface area contributed by atoms with Gasteiger partial charge in [0.1, 0.15) is 23.7 Å². The van der Waals surface area contributed by atoms with Crippen LogP contribution < -0.4 is 4.74 Å². The summed E-state index contributed by atoms with van der Waals surface area (Å²) in [7, 11) is 1.74. The van der Waals surface area contributed by atoms with E-state index in [-0.39, 0.29) is 11.7 Å². The summed E-state index contributed by atoms with van der Waals surface area (Å²) in [4.78, 5) is 14.4. The number of aromatic nitrogens is 3. The molecular formula is C22H25FN4O2. The molecule has 2 aromatic carbocycles. The second kappa shape index (κ2) is 8.59. The van der Waals surface area contributed by atoms with Crippen molar-refractivity contribution < 1.29 is 13.9 Å². The van der Waals surface area contributed by atoms with E-state index in [4.69, 9.17) is 4.74 Å². The van der Waals surface area contributed by atoms with Crippen molar-refractivity contribution in [2.24, 2.45) is 0 Å². The van der Waals surface area contributed by atoms with Crippen molar-refractivity contribution >= 4 is 16.9 Å². The zero-order valence-corrected chi connectivity index (χ0v) is 16.6. The molecule has 0 saturated heterocycles. The Labute approximate surface area is 169 Å². The van der Waals surface area contributed by atoms with E-state index in [1.165, 1.54) is 31.4 Å². The van der Waals surface area contributed by atoms with Crippen LogP contribution in [0.4, 0.5) is 4.39 Å². The summed E-state index contributed by atoms with van der Waals surface area (Å²) in [5.74, 6) is 0.176. The van der Waals surface area contributed by atoms with Crippen LogP contribution in [0, 0.1) is 5.82 Å². The predicted octanol–water partition coefficient (Wildman–Crippen LogP) is 4.23. The van der Waals surface area contributed by atoms with Crippen molar-refractivity contribution in [2.75, 3.05) is 20.2 Å². The molecule has 0 radical (unpaired) electrons. The molecule has 0 unspecified atom stereocenters. The number of benzene rings is 2. The fourth-order valence-corrected chi connectivity index (χ4v) is 3.82. The van der Waals surface area contributed by atoms with Gasteiger partial charge in [0, 0.05) is 12.6 Å². The molecule has 1 aliphatic rings. The number of rotatable bonds is 6. The predicted molar refractivity (Wildman–Crippen MR) is 109 cm³/mol. The fraction of sp³-hybridized carbons (Fsp3) is 0.409. The van der Waals surface area contributed by atoms with Crippen LogP contribution in [-0.4, -0.2) is 46.0 Å². The second-order valence-corrected chi connectivity index (χ2v) is 7.56. The highest BCUT2D eigenvalue weighted by molar-refractivity contribution is 5.97. The van der Waals surface area contributed by atoms with Gasteiger partial charge in [-0.05, 0) is 55.3 Å². The third-order valence-corrected chi connectivity index (χ3v) is 5.49. The first-order valence-corrected chi connectivity index (χ1v) is 10.1. The van der Waals surface area contributed by atoms with Crippen molar-refractivity contribution in [1.29, 1.82) is 0 Å². The van der Waals surface area contributed by atoms with Crippen molar-refractivity contribution in [3.05, 3.63) is 53.8 Å². The van der Waals surface area contributed by atoms with Gasteiger partial charge < -0.3 is 9.64 Å². The standard InChI is InChI=1S/C22H25FN4O2/c1-26(13-14-29-19-10-8-17(23)9-11-19)22(28)16-7-12-21-20(15-16)24-25-27(21)18-5-3-2-4-6-18/h7-12,15,18H,2-6,13-14H2,1H3. The number of likely N-dealkylation sites (N-methyl/N-ethyl adjacent to an activating group) is 1. The SMILES string of the molecule is CN(CCOc1ccc(F)cc1)C(=O)c1ccc2c(c1)nnn2C1CCCCC1. The Morgan fingerprint density at radius 3 is 2.69 bits per heavy atom. The molecule has 29 heavy (non-hydrogen) atoms. The molecule has 152 valence electrons. The zero-order valence-electron chi connectivity index (χ0n) is 16.6. The Balaban J connectivity index is 1.39. The minimum absolute atomic E-state index is 0.0955.